The number of carboxylic acid groups (broad SMARTS) is 1. The van der Waals surface area contributed by atoms with E-state index in [1.807, 2.05) is 13.8 Å². The Balaban J connectivity index is 2.51. The lowest BCUT2D eigenvalue weighted by molar-refractivity contribution is -0.139. The molecule has 1 aliphatic carbocycles. The Kier molecular flexibility index (Phi) is 3.37. The van der Waals surface area contributed by atoms with Crippen molar-refractivity contribution < 1.29 is 14.7 Å². The van der Waals surface area contributed by atoms with E-state index in [1.165, 1.54) is 0 Å². The molecule has 0 bridgehead atoms. The van der Waals surface area contributed by atoms with Crippen LogP contribution in [0.25, 0.3) is 0 Å². The molecule has 4 heteroatoms. The standard InChI is InChI=1S/C11H19NO3/c1-4-11(3,6-9(13)14)12-10(15)8-5-7(8)2/h7-8H,4-6H2,1-3H3,(H,12,15)(H,13,14)/t7-,8+,11+/m0/s1. The van der Waals surface area contributed by atoms with Crippen LogP contribution in [-0.2, 0) is 9.59 Å². The summed E-state index contributed by atoms with van der Waals surface area (Å²) in [5.41, 5.74) is -0.606. The zero-order chi connectivity index (χ0) is 11.6. The van der Waals surface area contributed by atoms with Crippen LogP contribution in [0.2, 0.25) is 0 Å². The maximum atomic E-state index is 11.7. The average molecular weight is 213 g/mol. The lowest BCUT2D eigenvalue weighted by Crippen LogP contribution is -2.47. The summed E-state index contributed by atoms with van der Waals surface area (Å²) in [5.74, 6) is -0.308. The molecule has 0 unspecified atom stereocenters. The quantitative estimate of drug-likeness (QED) is 0.725. The third-order valence-electron chi connectivity index (χ3n) is 3.19. The lowest BCUT2D eigenvalue weighted by atomic mass is 9.94. The zero-order valence-corrected chi connectivity index (χ0v) is 9.54. The van der Waals surface area contributed by atoms with Gasteiger partial charge in [0.1, 0.15) is 0 Å². The first-order valence-electron chi connectivity index (χ1n) is 5.42. The van der Waals surface area contributed by atoms with Gasteiger partial charge in [0.15, 0.2) is 0 Å². The fraction of sp³-hybridized carbons (Fsp3) is 0.818. The Bertz CT molecular complexity index is 277. The van der Waals surface area contributed by atoms with Gasteiger partial charge in [-0.1, -0.05) is 13.8 Å². The minimum absolute atomic E-state index is 0.00750. The number of carboxylic acids is 1. The summed E-state index contributed by atoms with van der Waals surface area (Å²) in [6.07, 6.45) is 1.54. The second-order valence-electron chi connectivity index (χ2n) is 4.79. The first-order chi connectivity index (χ1) is 6.88. The molecule has 1 amide bonds. The molecule has 86 valence electrons. The van der Waals surface area contributed by atoms with Crippen LogP contribution in [0.3, 0.4) is 0 Å². The highest BCUT2D eigenvalue weighted by Gasteiger charge is 2.41. The summed E-state index contributed by atoms with van der Waals surface area (Å²) in [6, 6.07) is 0. The summed E-state index contributed by atoms with van der Waals surface area (Å²) in [7, 11) is 0. The third-order valence-corrected chi connectivity index (χ3v) is 3.19. The molecule has 3 atom stereocenters. The molecule has 15 heavy (non-hydrogen) atoms. The Hall–Kier alpha value is -1.06. The Morgan fingerprint density at radius 1 is 1.53 bits per heavy atom. The van der Waals surface area contributed by atoms with Gasteiger partial charge in [-0.2, -0.15) is 0 Å². The average Bonchev–Trinajstić information content (AvgIpc) is 2.81. The van der Waals surface area contributed by atoms with Crippen molar-refractivity contribution >= 4 is 11.9 Å². The van der Waals surface area contributed by atoms with Crippen LogP contribution in [0.5, 0.6) is 0 Å². The van der Waals surface area contributed by atoms with Crippen LogP contribution in [-0.4, -0.2) is 22.5 Å². The molecule has 0 aliphatic heterocycles. The van der Waals surface area contributed by atoms with E-state index in [9.17, 15) is 9.59 Å². The van der Waals surface area contributed by atoms with Gasteiger partial charge < -0.3 is 10.4 Å². The second kappa shape index (κ2) is 4.21. The summed E-state index contributed by atoms with van der Waals surface area (Å²) >= 11 is 0. The van der Waals surface area contributed by atoms with Crippen molar-refractivity contribution in [1.29, 1.82) is 0 Å². The second-order valence-corrected chi connectivity index (χ2v) is 4.79. The predicted octanol–water partition coefficient (Wildman–Crippen LogP) is 1.40. The molecule has 0 aromatic carbocycles. The molecule has 1 fully saturated rings. The summed E-state index contributed by atoms with van der Waals surface area (Å²) in [6.45, 7) is 5.70. The summed E-state index contributed by atoms with van der Waals surface area (Å²) in [5, 5.41) is 11.6. The normalized spacial score (nSPS) is 27.9. The van der Waals surface area contributed by atoms with Crippen molar-refractivity contribution in [3.63, 3.8) is 0 Å². The van der Waals surface area contributed by atoms with Gasteiger partial charge in [-0.15, -0.1) is 0 Å². The maximum absolute atomic E-state index is 11.7. The van der Waals surface area contributed by atoms with E-state index in [2.05, 4.69) is 5.32 Å². The predicted molar refractivity (Wildman–Crippen MR) is 56.4 cm³/mol. The van der Waals surface area contributed by atoms with Crippen LogP contribution < -0.4 is 5.32 Å². The van der Waals surface area contributed by atoms with Gasteiger partial charge in [0.25, 0.3) is 0 Å². The molecule has 1 aliphatic rings. The smallest absolute Gasteiger partial charge is 0.305 e. The van der Waals surface area contributed by atoms with E-state index in [4.69, 9.17) is 5.11 Å². The van der Waals surface area contributed by atoms with Gasteiger partial charge in [-0.25, -0.2) is 0 Å². The van der Waals surface area contributed by atoms with Crippen molar-refractivity contribution in [2.45, 2.75) is 45.6 Å². The third kappa shape index (κ3) is 3.22. The molecule has 1 saturated carbocycles. The molecule has 0 radical (unpaired) electrons. The van der Waals surface area contributed by atoms with Crippen LogP contribution in [0.1, 0.15) is 40.0 Å². The minimum Gasteiger partial charge on any atom is -0.481 e. The van der Waals surface area contributed by atoms with Crippen molar-refractivity contribution in [3.8, 4) is 0 Å². The lowest BCUT2D eigenvalue weighted by Gasteiger charge is -2.28. The van der Waals surface area contributed by atoms with Crippen molar-refractivity contribution in [2.75, 3.05) is 0 Å². The van der Waals surface area contributed by atoms with Crippen LogP contribution >= 0.6 is 0 Å². The molecule has 0 saturated heterocycles. The highest BCUT2D eigenvalue weighted by Crippen LogP contribution is 2.38. The van der Waals surface area contributed by atoms with E-state index >= 15 is 0 Å². The first kappa shape index (κ1) is 12.0. The highest BCUT2D eigenvalue weighted by molar-refractivity contribution is 5.82. The topological polar surface area (TPSA) is 66.4 Å². The number of amides is 1. The van der Waals surface area contributed by atoms with E-state index < -0.39 is 11.5 Å². The molecule has 2 N–H and O–H groups in total. The monoisotopic (exact) mass is 213 g/mol. The van der Waals surface area contributed by atoms with Crippen molar-refractivity contribution in [3.05, 3.63) is 0 Å². The number of hydrogen-bond acceptors (Lipinski definition) is 2. The van der Waals surface area contributed by atoms with Crippen LogP contribution in [0, 0.1) is 11.8 Å². The van der Waals surface area contributed by atoms with Gasteiger partial charge in [0, 0.05) is 11.5 Å². The van der Waals surface area contributed by atoms with Gasteiger partial charge in [0.05, 0.1) is 6.42 Å². The molecule has 4 nitrogen and oxygen atoms in total. The molecule has 0 aromatic rings. The summed E-state index contributed by atoms with van der Waals surface area (Å²) < 4.78 is 0. The Labute approximate surface area is 90.0 Å². The Morgan fingerprint density at radius 2 is 2.07 bits per heavy atom. The Morgan fingerprint density at radius 3 is 2.40 bits per heavy atom. The highest BCUT2D eigenvalue weighted by atomic mass is 16.4. The fourth-order valence-electron chi connectivity index (χ4n) is 1.67. The number of hydrogen-bond donors (Lipinski definition) is 2. The number of nitrogens with one attached hydrogen (secondary N) is 1. The van der Waals surface area contributed by atoms with Gasteiger partial charge in [-0.3, -0.25) is 9.59 Å². The van der Waals surface area contributed by atoms with Crippen molar-refractivity contribution in [1.82, 2.24) is 5.32 Å². The van der Waals surface area contributed by atoms with E-state index in [0.29, 0.717) is 12.3 Å². The number of carbonyl (C=O) groups excluding carboxylic acids is 1. The molecular weight excluding hydrogens is 194 g/mol. The maximum Gasteiger partial charge on any atom is 0.305 e. The molecular formula is C11H19NO3. The summed E-state index contributed by atoms with van der Waals surface area (Å²) in [4.78, 5) is 22.3. The molecule has 0 heterocycles. The molecule has 0 spiro atoms. The van der Waals surface area contributed by atoms with Crippen LogP contribution in [0.4, 0.5) is 0 Å². The fourth-order valence-corrected chi connectivity index (χ4v) is 1.67. The number of rotatable bonds is 5. The van der Waals surface area contributed by atoms with Crippen molar-refractivity contribution in [2.24, 2.45) is 11.8 Å². The van der Waals surface area contributed by atoms with Gasteiger partial charge in [0.2, 0.25) is 5.91 Å². The van der Waals surface area contributed by atoms with Crippen LogP contribution in [0.15, 0.2) is 0 Å². The van der Waals surface area contributed by atoms with E-state index in [-0.39, 0.29) is 18.2 Å². The van der Waals surface area contributed by atoms with Gasteiger partial charge in [-0.05, 0) is 25.7 Å². The SMILES string of the molecule is CC[C@](C)(CC(=O)O)NC(=O)[C@@H]1C[C@@H]1C. The zero-order valence-electron chi connectivity index (χ0n) is 9.54. The minimum atomic E-state index is -0.872. The number of aliphatic carboxylic acids is 1. The molecule has 0 aromatic heterocycles. The first-order valence-corrected chi connectivity index (χ1v) is 5.42. The van der Waals surface area contributed by atoms with E-state index in [1.54, 1.807) is 6.92 Å². The van der Waals surface area contributed by atoms with Gasteiger partial charge >= 0.3 is 5.97 Å². The molecule has 1 rings (SSSR count). The van der Waals surface area contributed by atoms with E-state index in [0.717, 1.165) is 6.42 Å². The largest absolute Gasteiger partial charge is 0.481 e. The number of carbonyl (C=O) groups is 2.